The Morgan fingerprint density at radius 2 is 2.38 bits per heavy atom. The highest BCUT2D eigenvalue weighted by Crippen LogP contribution is 2.39. The van der Waals surface area contributed by atoms with E-state index >= 15 is 0 Å². The number of nitrogens with zero attached hydrogens (tertiary/aromatic N) is 2. The molecule has 2 rings (SSSR count). The Bertz CT molecular complexity index is 427. The van der Waals surface area contributed by atoms with Crippen LogP contribution in [0, 0.1) is 11.8 Å². The second-order valence-corrected chi connectivity index (χ2v) is 3.86. The number of aryl methyl sites for hydroxylation is 1. The van der Waals surface area contributed by atoms with Crippen molar-refractivity contribution in [3.05, 3.63) is 12.4 Å². The molecule has 0 saturated heterocycles. The number of aromatic nitrogens is 2. The number of hydrogen-bond donors (Lipinski definition) is 2. The van der Waals surface area contributed by atoms with Gasteiger partial charge in [0.05, 0.1) is 23.7 Å². The van der Waals surface area contributed by atoms with E-state index in [-0.39, 0.29) is 11.8 Å². The van der Waals surface area contributed by atoms with Gasteiger partial charge in [-0.25, -0.2) is 0 Å². The molecule has 1 aliphatic rings. The fourth-order valence-electron chi connectivity index (χ4n) is 1.59. The predicted molar refractivity (Wildman–Crippen MR) is 55.8 cm³/mol. The summed E-state index contributed by atoms with van der Waals surface area (Å²) in [6, 6.07) is 0. The SMILES string of the molecule is CCn1cc(NC(=O)C2CC2C(=O)O)cn1. The molecule has 1 aromatic rings. The van der Waals surface area contributed by atoms with Crippen LogP contribution in [0.4, 0.5) is 5.69 Å². The van der Waals surface area contributed by atoms with Gasteiger partial charge >= 0.3 is 5.97 Å². The highest BCUT2D eigenvalue weighted by molar-refractivity contribution is 5.98. The van der Waals surface area contributed by atoms with Crippen LogP contribution in [-0.2, 0) is 16.1 Å². The van der Waals surface area contributed by atoms with Gasteiger partial charge < -0.3 is 10.4 Å². The summed E-state index contributed by atoms with van der Waals surface area (Å²) in [6.45, 7) is 2.68. The molecule has 16 heavy (non-hydrogen) atoms. The minimum atomic E-state index is -0.899. The normalized spacial score (nSPS) is 22.8. The molecule has 0 spiro atoms. The Morgan fingerprint density at radius 1 is 1.62 bits per heavy atom. The van der Waals surface area contributed by atoms with E-state index in [1.165, 1.54) is 0 Å². The Hall–Kier alpha value is -1.85. The number of carboxylic acids is 1. The lowest BCUT2D eigenvalue weighted by Gasteiger charge is -1.99. The first-order valence-electron chi connectivity index (χ1n) is 5.18. The molecule has 0 bridgehead atoms. The predicted octanol–water partition coefficient (Wildman–Crippen LogP) is 0.562. The lowest BCUT2D eigenvalue weighted by Crippen LogP contribution is -2.16. The summed E-state index contributed by atoms with van der Waals surface area (Å²) in [6.07, 6.45) is 3.71. The molecule has 2 atom stereocenters. The zero-order valence-electron chi connectivity index (χ0n) is 8.88. The highest BCUT2D eigenvalue weighted by atomic mass is 16.4. The number of carbonyl (C=O) groups is 2. The standard InChI is InChI=1S/C10H13N3O3/c1-2-13-5-6(4-11-13)12-9(14)7-3-8(7)10(15)16/h4-5,7-8H,2-3H2,1H3,(H,12,14)(H,15,16). The Balaban J connectivity index is 1.91. The van der Waals surface area contributed by atoms with Crippen LogP contribution in [0.15, 0.2) is 12.4 Å². The second-order valence-electron chi connectivity index (χ2n) is 3.86. The maximum atomic E-state index is 11.6. The van der Waals surface area contributed by atoms with Crippen LogP contribution >= 0.6 is 0 Å². The van der Waals surface area contributed by atoms with Crippen molar-refractivity contribution in [1.82, 2.24) is 9.78 Å². The Labute approximate surface area is 92.3 Å². The summed E-state index contributed by atoms with van der Waals surface area (Å²) >= 11 is 0. The van der Waals surface area contributed by atoms with Gasteiger partial charge in [-0.15, -0.1) is 0 Å². The van der Waals surface area contributed by atoms with Crippen LogP contribution in [0.3, 0.4) is 0 Å². The number of carbonyl (C=O) groups excluding carboxylic acids is 1. The fraction of sp³-hybridized carbons (Fsp3) is 0.500. The zero-order chi connectivity index (χ0) is 11.7. The van der Waals surface area contributed by atoms with Gasteiger partial charge in [-0.05, 0) is 13.3 Å². The first-order chi connectivity index (χ1) is 7.61. The summed E-state index contributed by atoms with van der Waals surface area (Å²) < 4.78 is 1.69. The van der Waals surface area contributed by atoms with Crippen molar-refractivity contribution in [1.29, 1.82) is 0 Å². The van der Waals surface area contributed by atoms with Crippen LogP contribution in [0.25, 0.3) is 0 Å². The van der Waals surface area contributed by atoms with E-state index in [0.29, 0.717) is 12.1 Å². The number of anilines is 1. The molecule has 1 aromatic heterocycles. The molecule has 0 aromatic carbocycles. The maximum absolute atomic E-state index is 11.6. The summed E-state index contributed by atoms with van der Waals surface area (Å²) in [4.78, 5) is 22.2. The lowest BCUT2D eigenvalue weighted by atomic mass is 10.3. The third-order valence-electron chi connectivity index (χ3n) is 2.67. The van der Waals surface area contributed by atoms with Gasteiger partial charge in [-0.3, -0.25) is 14.3 Å². The van der Waals surface area contributed by atoms with Gasteiger partial charge in [0.1, 0.15) is 0 Å². The van der Waals surface area contributed by atoms with Gasteiger partial charge in [-0.2, -0.15) is 5.10 Å². The molecule has 1 heterocycles. The van der Waals surface area contributed by atoms with E-state index in [4.69, 9.17) is 5.11 Å². The second kappa shape index (κ2) is 3.96. The molecule has 6 nitrogen and oxygen atoms in total. The van der Waals surface area contributed by atoms with Crippen molar-refractivity contribution in [3.63, 3.8) is 0 Å². The number of aliphatic carboxylic acids is 1. The van der Waals surface area contributed by atoms with Gasteiger partial charge in [0.2, 0.25) is 5.91 Å². The molecule has 86 valence electrons. The number of amides is 1. The molecule has 2 unspecified atom stereocenters. The van der Waals surface area contributed by atoms with Crippen molar-refractivity contribution in [3.8, 4) is 0 Å². The molecule has 1 saturated carbocycles. The maximum Gasteiger partial charge on any atom is 0.307 e. The van der Waals surface area contributed by atoms with Gasteiger partial charge in [0.15, 0.2) is 0 Å². The van der Waals surface area contributed by atoms with Crippen LogP contribution in [0.1, 0.15) is 13.3 Å². The third-order valence-corrected chi connectivity index (χ3v) is 2.67. The first kappa shape index (κ1) is 10.7. The minimum absolute atomic E-state index is 0.233. The molecule has 6 heteroatoms. The van der Waals surface area contributed by atoms with Gasteiger partial charge in [0, 0.05) is 12.7 Å². The van der Waals surface area contributed by atoms with E-state index in [1.807, 2.05) is 6.92 Å². The van der Waals surface area contributed by atoms with Crippen molar-refractivity contribution < 1.29 is 14.7 Å². The van der Waals surface area contributed by atoms with E-state index in [9.17, 15) is 9.59 Å². The van der Waals surface area contributed by atoms with Crippen molar-refractivity contribution >= 4 is 17.6 Å². The smallest absolute Gasteiger partial charge is 0.307 e. The summed E-state index contributed by atoms with van der Waals surface area (Å²) in [5.74, 6) is -2.03. The number of hydrogen-bond acceptors (Lipinski definition) is 3. The molecule has 2 N–H and O–H groups in total. The van der Waals surface area contributed by atoms with Crippen molar-refractivity contribution in [2.45, 2.75) is 19.9 Å². The molecule has 0 radical (unpaired) electrons. The first-order valence-corrected chi connectivity index (χ1v) is 5.18. The molecule has 1 amide bonds. The number of nitrogens with one attached hydrogen (secondary N) is 1. The topological polar surface area (TPSA) is 84.2 Å². The Morgan fingerprint density at radius 3 is 2.88 bits per heavy atom. The molecular formula is C10H13N3O3. The average Bonchev–Trinajstić information content (AvgIpc) is 2.94. The quantitative estimate of drug-likeness (QED) is 0.781. The Kier molecular flexibility index (Phi) is 2.64. The minimum Gasteiger partial charge on any atom is -0.481 e. The number of carboxylic acid groups (broad SMARTS) is 1. The van der Waals surface area contributed by atoms with E-state index in [1.54, 1.807) is 17.1 Å². The fourth-order valence-corrected chi connectivity index (χ4v) is 1.59. The van der Waals surface area contributed by atoms with Crippen molar-refractivity contribution in [2.75, 3.05) is 5.32 Å². The molecular weight excluding hydrogens is 210 g/mol. The highest BCUT2D eigenvalue weighted by Gasteiger charge is 2.48. The van der Waals surface area contributed by atoms with E-state index in [2.05, 4.69) is 10.4 Å². The zero-order valence-corrected chi connectivity index (χ0v) is 8.88. The molecule has 0 aliphatic heterocycles. The van der Waals surface area contributed by atoms with Crippen LogP contribution in [-0.4, -0.2) is 26.8 Å². The summed E-state index contributed by atoms with van der Waals surface area (Å²) in [5.41, 5.74) is 0.614. The van der Waals surface area contributed by atoms with E-state index in [0.717, 1.165) is 6.54 Å². The summed E-state index contributed by atoms with van der Waals surface area (Å²) in [5, 5.41) is 15.3. The summed E-state index contributed by atoms with van der Waals surface area (Å²) in [7, 11) is 0. The van der Waals surface area contributed by atoms with Crippen molar-refractivity contribution in [2.24, 2.45) is 11.8 Å². The monoisotopic (exact) mass is 223 g/mol. The van der Waals surface area contributed by atoms with E-state index < -0.39 is 11.9 Å². The van der Waals surface area contributed by atoms with Gasteiger partial charge in [-0.1, -0.05) is 0 Å². The average molecular weight is 223 g/mol. The third kappa shape index (κ3) is 2.05. The largest absolute Gasteiger partial charge is 0.481 e. The molecule has 1 aliphatic carbocycles. The number of rotatable bonds is 4. The van der Waals surface area contributed by atoms with Crippen LogP contribution in [0.2, 0.25) is 0 Å². The van der Waals surface area contributed by atoms with Crippen LogP contribution in [0.5, 0.6) is 0 Å². The lowest BCUT2D eigenvalue weighted by molar-refractivity contribution is -0.139. The molecule has 1 fully saturated rings. The van der Waals surface area contributed by atoms with Crippen LogP contribution < -0.4 is 5.32 Å². The van der Waals surface area contributed by atoms with Gasteiger partial charge in [0.25, 0.3) is 0 Å².